The number of amides is 1. The molecule has 1 atom stereocenters. The molecule has 152 valence electrons. The zero-order valence-corrected chi connectivity index (χ0v) is 16.5. The lowest BCUT2D eigenvalue weighted by Crippen LogP contribution is -2.46. The highest BCUT2D eigenvalue weighted by molar-refractivity contribution is 5.86. The van der Waals surface area contributed by atoms with Crippen LogP contribution in [-0.4, -0.2) is 49.3 Å². The number of hydrogen-bond donors (Lipinski definition) is 2. The number of carbonyl (C=O) groups is 2. The van der Waals surface area contributed by atoms with E-state index in [1.165, 1.54) is 0 Å². The van der Waals surface area contributed by atoms with Gasteiger partial charge in [-0.05, 0) is 24.5 Å². The molecule has 0 radical (unpaired) electrons. The molecule has 1 amide bonds. The zero-order chi connectivity index (χ0) is 21.0. The Kier molecular flexibility index (Phi) is 6.16. The monoisotopic (exact) mass is 395 g/mol. The van der Waals surface area contributed by atoms with Crippen LogP contribution in [0.3, 0.4) is 0 Å². The van der Waals surface area contributed by atoms with Crippen molar-refractivity contribution in [1.29, 1.82) is 0 Å². The number of carboxylic acids is 1. The molecule has 0 spiro atoms. The van der Waals surface area contributed by atoms with Crippen molar-refractivity contribution in [1.82, 2.24) is 14.5 Å². The fourth-order valence-corrected chi connectivity index (χ4v) is 3.59. The first-order valence-corrected chi connectivity index (χ1v) is 9.61. The van der Waals surface area contributed by atoms with Crippen molar-refractivity contribution in [2.24, 2.45) is 5.92 Å². The Labute approximate surface area is 169 Å². The van der Waals surface area contributed by atoms with Crippen LogP contribution in [0.25, 0.3) is 16.6 Å². The van der Waals surface area contributed by atoms with Crippen molar-refractivity contribution in [3.05, 3.63) is 60.6 Å². The van der Waals surface area contributed by atoms with Crippen molar-refractivity contribution in [3.8, 4) is 5.82 Å². The van der Waals surface area contributed by atoms with Crippen LogP contribution >= 0.6 is 0 Å². The molecule has 0 aliphatic carbocycles. The third kappa shape index (κ3) is 4.56. The molecular weight excluding hydrogens is 370 g/mol. The second kappa shape index (κ2) is 8.77. The molecule has 29 heavy (non-hydrogen) atoms. The molecule has 2 N–H and O–H groups in total. The van der Waals surface area contributed by atoms with E-state index in [0.29, 0.717) is 6.42 Å². The average molecular weight is 395 g/mol. The van der Waals surface area contributed by atoms with E-state index in [-0.39, 0.29) is 18.9 Å². The van der Waals surface area contributed by atoms with Crippen molar-refractivity contribution < 1.29 is 19.8 Å². The van der Waals surface area contributed by atoms with Gasteiger partial charge in [0.05, 0.1) is 0 Å². The van der Waals surface area contributed by atoms with E-state index in [0.717, 1.165) is 27.2 Å². The number of pyridine rings is 1. The van der Waals surface area contributed by atoms with Crippen LogP contribution in [0.1, 0.15) is 26.0 Å². The van der Waals surface area contributed by atoms with Crippen LogP contribution in [0.2, 0.25) is 0 Å². The minimum atomic E-state index is -1.22. The van der Waals surface area contributed by atoms with Crippen LogP contribution < -0.4 is 0 Å². The van der Waals surface area contributed by atoms with Gasteiger partial charge >= 0.3 is 12.1 Å². The molecule has 1 unspecified atom stereocenters. The minimum absolute atomic E-state index is 0.0659. The van der Waals surface area contributed by atoms with Crippen molar-refractivity contribution in [2.45, 2.75) is 32.7 Å². The van der Waals surface area contributed by atoms with Gasteiger partial charge in [-0.2, -0.15) is 0 Å². The lowest BCUT2D eigenvalue weighted by molar-refractivity contribution is -0.143. The topological polar surface area (TPSA) is 95.7 Å². The van der Waals surface area contributed by atoms with E-state index >= 15 is 0 Å². The summed E-state index contributed by atoms with van der Waals surface area (Å²) in [6.45, 7) is 3.85. The molecule has 1 aromatic carbocycles. The lowest BCUT2D eigenvalue weighted by Gasteiger charge is -2.27. The summed E-state index contributed by atoms with van der Waals surface area (Å²) in [4.78, 5) is 29.0. The molecule has 0 bridgehead atoms. The Hall–Kier alpha value is -3.35. The van der Waals surface area contributed by atoms with Crippen molar-refractivity contribution in [3.63, 3.8) is 0 Å². The number of rotatable bonds is 8. The summed E-state index contributed by atoms with van der Waals surface area (Å²) < 4.78 is 1.95. The molecule has 0 fully saturated rings. The zero-order valence-electron chi connectivity index (χ0n) is 16.5. The van der Waals surface area contributed by atoms with Gasteiger partial charge in [-0.15, -0.1) is 0 Å². The Morgan fingerprint density at radius 2 is 1.83 bits per heavy atom. The number of nitrogens with zero attached hydrogens (tertiary/aromatic N) is 3. The SMILES string of the molecule is CC(C)CC(C(=O)O)N(CCc1c2ccccc2cn1-c1ccccn1)C(=O)O. The van der Waals surface area contributed by atoms with Crippen molar-refractivity contribution >= 4 is 22.8 Å². The summed E-state index contributed by atoms with van der Waals surface area (Å²) in [5, 5.41) is 21.3. The van der Waals surface area contributed by atoms with E-state index in [1.807, 2.05) is 67.1 Å². The van der Waals surface area contributed by atoms with Gasteiger partial charge in [-0.1, -0.05) is 44.2 Å². The van der Waals surface area contributed by atoms with Gasteiger partial charge in [-0.3, -0.25) is 4.90 Å². The number of benzene rings is 1. The minimum Gasteiger partial charge on any atom is -0.480 e. The smallest absolute Gasteiger partial charge is 0.408 e. The highest BCUT2D eigenvalue weighted by Gasteiger charge is 2.30. The molecule has 0 saturated carbocycles. The molecule has 0 aliphatic rings. The third-order valence-electron chi connectivity index (χ3n) is 4.92. The molecule has 7 nitrogen and oxygen atoms in total. The molecule has 3 aromatic rings. The second-order valence-electron chi connectivity index (χ2n) is 7.43. The molecule has 7 heteroatoms. The van der Waals surface area contributed by atoms with E-state index in [9.17, 15) is 19.8 Å². The Morgan fingerprint density at radius 1 is 1.10 bits per heavy atom. The maximum Gasteiger partial charge on any atom is 0.408 e. The predicted octanol–water partition coefficient (Wildman–Crippen LogP) is 4.05. The molecule has 0 saturated heterocycles. The van der Waals surface area contributed by atoms with Crippen LogP contribution in [0.4, 0.5) is 4.79 Å². The van der Waals surface area contributed by atoms with Gasteiger partial charge in [0.25, 0.3) is 0 Å². The molecule has 0 aliphatic heterocycles. The van der Waals surface area contributed by atoms with Gasteiger partial charge in [-0.25, -0.2) is 14.6 Å². The summed E-state index contributed by atoms with van der Waals surface area (Å²) in [6.07, 6.45) is 3.09. The third-order valence-corrected chi connectivity index (χ3v) is 4.92. The number of aliphatic carboxylic acids is 1. The van der Waals surface area contributed by atoms with Gasteiger partial charge < -0.3 is 14.8 Å². The largest absolute Gasteiger partial charge is 0.480 e. The quantitative estimate of drug-likeness (QED) is 0.600. The van der Waals surface area contributed by atoms with Crippen molar-refractivity contribution in [2.75, 3.05) is 6.54 Å². The maximum absolute atomic E-state index is 11.8. The van der Waals surface area contributed by atoms with Gasteiger partial charge in [0, 0.05) is 41.8 Å². The van der Waals surface area contributed by atoms with E-state index in [2.05, 4.69) is 4.98 Å². The number of aromatic nitrogens is 2. The maximum atomic E-state index is 11.8. The number of carboxylic acid groups (broad SMARTS) is 2. The Morgan fingerprint density at radius 3 is 2.45 bits per heavy atom. The van der Waals surface area contributed by atoms with Crippen LogP contribution in [0.5, 0.6) is 0 Å². The first-order chi connectivity index (χ1) is 13.9. The van der Waals surface area contributed by atoms with Crippen LogP contribution in [0, 0.1) is 5.92 Å². The summed E-state index contributed by atoms with van der Waals surface area (Å²) in [5.41, 5.74) is 0.902. The average Bonchev–Trinajstić information content (AvgIpc) is 3.06. The van der Waals surface area contributed by atoms with Crippen LogP contribution in [0.15, 0.2) is 54.9 Å². The molecule has 3 rings (SSSR count). The summed E-state index contributed by atoms with van der Waals surface area (Å²) in [7, 11) is 0. The highest BCUT2D eigenvalue weighted by Crippen LogP contribution is 2.25. The first-order valence-electron chi connectivity index (χ1n) is 9.61. The van der Waals surface area contributed by atoms with Crippen LogP contribution in [-0.2, 0) is 11.2 Å². The molecule has 2 aromatic heterocycles. The Balaban J connectivity index is 1.96. The lowest BCUT2D eigenvalue weighted by atomic mass is 10.0. The van der Waals surface area contributed by atoms with E-state index in [4.69, 9.17) is 0 Å². The Bertz CT molecular complexity index is 998. The van der Waals surface area contributed by atoms with E-state index < -0.39 is 18.1 Å². The normalized spacial score (nSPS) is 12.2. The summed E-state index contributed by atoms with van der Waals surface area (Å²) >= 11 is 0. The second-order valence-corrected chi connectivity index (χ2v) is 7.43. The van der Waals surface area contributed by atoms with E-state index in [1.54, 1.807) is 6.20 Å². The highest BCUT2D eigenvalue weighted by atomic mass is 16.4. The summed E-state index contributed by atoms with van der Waals surface area (Å²) in [5.74, 6) is -0.320. The fourth-order valence-electron chi connectivity index (χ4n) is 3.59. The number of hydrogen-bond acceptors (Lipinski definition) is 3. The predicted molar refractivity (Wildman–Crippen MR) is 110 cm³/mol. The standard InChI is InChI=1S/C22H25N3O4/c1-15(2)13-19(21(26)27)24(22(28)29)12-10-18-17-8-4-3-7-16(17)14-25(18)20-9-5-6-11-23-20/h3-9,11,14-15,19H,10,12-13H2,1-2H3,(H,26,27)(H,28,29). The molecule has 2 heterocycles. The first kappa shape index (κ1) is 20.4. The number of fused-ring (bicyclic) bond motifs is 1. The fraction of sp³-hybridized carbons (Fsp3) is 0.318. The van der Waals surface area contributed by atoms with Gasteiger partial charge in [0.1, 0.15) is 11.9 Å². The van der Waals surface area contributed by atoms with Gasteiger partial charge in [0.2, 0.25) is 0 Å². The van der Waals surface area contributed by atoms with Gasteiger partial charge in [0.15, 0.2) is 0 Å². The summed E-state index contributed by atoms with van der Waals surface area (Å²) in [6, 6.07) is 12.4. The molecular formula is C22H25N3O4.